The normalized spacial score (nSPS) is 14.4. The van der Waals surface area contributed by atoms with Crippen molar-refractivity contribution in [1.29, 1.82) is 0 Å². The van der Waals surface area contributed by atoms with Crippen LogP contribution in [0.15, 0.2) is 73.1 Å². The molecular formula is C31H35N5O3. The number of hydrogen-bond donors (Lipinski definition) is 1. The zero-order valence-electron chi connectivity index (χ0n) is 23.0. The van der Waals surface area contributed by atoms with E-state index in [1.54, 1.807) is 0 Å². The number of pyridine rings is 1. The Morgan fingerprint density at radius 1 is 0.897 bits per heavy atom. The number of alkyl carbamates (subject to hydrolysis) is 1. The van der Waals surface area contributed by atoms with Gasteiger partial charge >= 0.3 is 6.09 Å². The molecule has 8 nitrogen and oxygen atoms in total. The fourth-order valence-corrected chi connectivity index (χ4v) is 4.65. The molecule has 1 aliphatic rings. The van der Waals surface area contributed by atoms with E-state index < -0.39 is 11.7 Å². The Balaban J connectivity index is 1.26. The average Bonchev–Trinajstić information content (AvgIpc) is 3.35. The lowest BCUT2D eigenvalue weighted by Crippen LogP contribution is -2.47. The third kappa shape index (κ3) is 6.29. The van der Waals surface area contributed by atoms with E-state index in [2.05, 4.69) is 38.8 Å². The number of ether oxygens (including phenoxy) is 1. The van der Waals surface area contributed by atoms with Crippen LogP contribution in [0, 0.1) is 0 Å². The van der Waals surface area contributed by atoms with Gasteiger partial charge in [-0.05, 0) is 68.8 Å². The molecule has 2 amide bonds. The Hall–Kier alpha value is -4.17. The maximum Gasteiger partial charge on any atom is 0.407 e. The fourth-order valence-electron chi connectivity index (χ4n) is 4.65. The summed E-state index contributed by atoms with van der Waals surface area (Å²) < 4.78 is 7.35. The third-order valence-corrected chi connectivity index (χ3v) is 6.85. The van der Waals surface area contributed by atoms with Gasteiger partial charge in [0.25, 0.3) is 5.91 Å². The quantitative estimate of drug-likeness (QED) is 0.393. The molecule has 1 N–H and O–H groups in total. The van der Waals surface area contributed by atoms with Crippen LogP contribution >= 0.6 is 0 Å². The van der Waals surface area contributed by atoms with Crippen molar-refractivity contribution in [2.24, 2.45) is 0 Å². The van der Waals surface area contributed by atoms with Crippen LogP contribution in [0.2, 0.25) is 0 Å². The summed E-state index contributed by atoms with van der Waals surface area (Å²) in [6.07, 6.45) is 3.46. The SMILES string of the molecule is CN1CCN(C(=O)c2ccc(-c3ccn4c(-c5ccc(CNC(=O)OC(C)(C)C)cc5)cnc4c3)cc2)CC1. The lowest BCUT2D eigenvalue weighted by Gasteiger charge is -2.32. The minimum absolute atomic E-state index is 0.0923. The average molecular weight is 526 g/mol. The molecule has 1 fully saturated rings. The van der Waals surface area contributed by atoms with Gasteiger partial charge in [-0.15, -0.1) is 0 Å². The molecule has 202 valence electrons. The van der Waals surface area contributed by atoms with Gasteiger partial charge in [-0.1, -0.05) is 36.4 Å². The van der Waals surface area contributed by atoms with Crippen LogP contribution in [0.25, 0.3) is 28.0 Å². The van der Waals surface area contributed by atoms with Gasteiger partial charge in [-0.3, -0.25) is 9.20 Å². The number of imidazole rings is 1. The van der Waals surface area contributed by atoms with Crippen molar-refractivity contribution in [2.75, 3.05) is 33.2 Å². The molecule has 8 heteroatoms. The molecule has 0 saturated carbocycles. The molecule has 0 atom stereocenters. The Morgan fingerprint density at radius 3 is 2.23 bits per heavy atom. The zero-order valence-corrected chi connectivity index (χ0v) is 23.0. The molecule has 3 heterocycles. The number of fused-ring (bicyclic) bond motifs is 1. The van der Waals surface area contributed by atoms with E-state index >= 15 is 0 Å². The first-order valence-corrected chi connectivity index (χ1v) is 13.3. The van der Waals surface area contributed by atoms with Crippen molar-refractivity contribution < 1.29 is 14.3 Å². The Kier molecular flexibility index (Phi) is 7.39. The first kappa shape index (κ1) is 26.4. The van der Waals surface area contributed by atoms with Crippen molar-refractivity contribution in [3.63, 3.8) is 0 Å². The number of aromatic nitrogens is 2. The Morgan fingerprint density at radius 2 is 1.56 bits per heavy atom. The second-order valence-electron chi connectivity index (χ2n) is 11.0. The molecule has 39 heavy (non-hydrogen) atoms. The molecule has 0 spiro atoms. The third-order valence-electron chi connectivity index (χ3n) is 6.85. The summed E-state index contributed by atoms with van der Waals surface area (Å²) in [5.41, 5.74) is 6.12. The molecule has 4 aromatic rings. The largest absolute Gasteiger partial charge is 0.444 e. The molecular weight excluding hydrogens is 490 g/mol. The number of likely N-dealkylation sites (N-methyl/N-ethyl adjacent to an activating group) is 1. The van der Waals surface area contributed by atoms with Gasteiger partial charge < -0.3 is 19.9 Å². The van der Waals surface area contributed by atoms with Crippen LogP contribution in [0.5, 0.6) is 0 Å². The van der Waals surface area contributed by atoms with Gasteiger partial charge in [0.1, 0.15) is 11.2 Å². The lowest BCUT2D eigenvalue weighted by molar-refractivity contribution is 0.0523. The van der Waals surface area contributed by atoms with Gasteiger partial charge in [0.15, 0.2) is 0 Å². The number of benzene rings is 2. The maximum absolute atomic E-state index is 12.9. The molecule has 5 rings (SSSR count). The second-order valence-corrected chi connectivity index (χ2v) is 11.0. The van der Waals surface area contributed by atoms with Crippen molar-refractivity contribution >= 4 is 17.6 Å². The number of carbonyl (C=O) groups is 2. The minimum atomic E-state index is -0.524. The summed E-state index contributed by atoms with van der Waals surface area (Å²) in [7, 11) is 2.08. The van der Waals surface area contributed by atoms with E-state index in [-0.39, 0.29) is 5.91 Å². The number of piperazine rings is 1. The molecule has 2 aromatic carbocycles. The number of carbonyl (C=O) groups excluding carboxylic acids is 2. The first-order valence-electron chi connectivity index (χ1n) is 13.3. The monoisotopic (exact) mass is 525 g/mol. The molecule has 0 unspecified atom stereocenters. The number of amides is 2. The lowest BCUT2D eigenvalue weighted by atomic mass is 10.0. The zero-order chi connectivity index (χ0) is 27.6. The van der Waals surface area contributed by atoms with Crippen molar-refractivity contribution in [2.45, 2.75) is 32.9 Å². The molecule has 0 aliphatic carbocycles. The first-order chi connectivity index (χ1) is 18.7. The van der Waals surface area contributed by atoms with E-state index in [0.717, 1.165) is 65.3 Å². The number of nitrogens with zero attached hydrogens (tertiary/aromatic N) is 4. The predicted octanol–water partition coefficient (Wildman–Crippen LogP) is 5.08. The number of rotatable bonds is 5. The van der Waals surface area contributed by atoms with E-state index in [9.17, 15) is 9.59 Å². The highest BCUT2D eigenvalue weighted by atomic mass is 16.6. The van der Waals surface area contributed by atoms with Crippen LogP contribution in [-0.2, 0) is 11.3 Å². The van der Waals surface area contributed by atoms with Crippen LogP contribution in [0.3, 0.4) is 0 Å². The summed E-state index contributed by atoms with van der Waals surface area (Å²) in [6.45, 7) is 9.27. The summed E-state index contributed by atoms with van der Waals surface area (Å²) in [5.74, 6) is 0.0923. The molecule has 0 radical (unpaired) electrons. The summed E-state index contributed by atoms with van der Waals surface area (Å²) in [5, 5.41) is 2.79. The topological polar surface area (TPSA) is 79.2 Å². The molecule has 2 aromatic heterocycles. The van der Waals surface area contributed by atoms with E-state index in [1.807, 2.05) is 86.6 Å². The van der Waals surface area contributed by atoms with Crippen molar-refractivity contribution in [3.8, 4) is 22.4 Å². The standard InChI is InChI=1S/C31H35N5O3/c1-31(2,3)39-30(38)33-20-22-5-7-24(8-6-22)27-21-32-28-19-26(13-14-36(27)28)23-9-11-25(12-10-23)29(37)35-17-15-34(4)16-18-35/h5-14,19,21H,15-18,20H2,1-4H3,(H,33,38). The minimum Gasteiger partial charge on any atom is -0.444 e. The summed E-state index contributed by atoms with van der Waals surface area (Å²) in [4.78, 5) is 33.6. The van der Waals surface area contributed by atoms with Crippen LogP contribution in [0.1, 0.15) is 36.7 Å². The second kappa shape index (κ2) is 10.9. The maximum atomic E-state index is 12.9. The van der Waals surface area contributed by atoms with Gasteiger partial charge in [-0.25, -0.2) is 9.78 Å². The summed E-state index contributed by atoms with van der Waals surface area (Å²) in [6, 6.07) is 20.0. The van der Waals surface area contributed by atoms with Gasteiger partial charge in [-0.2, -0.15) is 0 Å². The van der Waals surface area contributed by atoms with Gasteiger partial charge in [0.2, 0.25) is 0 Å². The number of nitrogens with one attached hydrogen (secondary N) is 1. The van der Waals surface area contributed by atoms with Crippen molar-refractivity contribution in [3.05, 3.63) is 84.2 Å². The van der Waals surface area contributed by atoms with Crippen LogP contribution < -0.4 is 5.32 Å². The molecule has 1 aliphatic heterocycles. The van der Waals surface area contributed by atoms with Crippen molar-refractivity contribution in [1.82, 2.24) is 24.5 Å². The van der Waals surface area contributed by atoms with Crippen LogP contribution in [-0.4, -0.2) is 70.0 Å². The van der Waals surface area contributed by atoms with E-state index in [1.165, 1.54) is 0 Å². The predicted molar refractivity (Wildman–Crippen MR) is 153 cm³/mol. The van der Waals surface area contributed by atoms with E-state index in [0.29, 0.717) is 6.54 Å². The highest BCUT2D eigenvalue weighted by molar-refractivity contribution is 5.94. The Labute approximate surface area is 229 Å². The fraction of sp³-hybridized carbons (Fsp3) is 0.323. The highest BCUT2D eigenvalue weighted by Crippen LogP contribution is 2.26. The highest BCUT2D eigenvalue weighted by Gasteiger charge is 2.20. The molecule has 1 saturated heterocycles. The smallest absolute Gasteiger partial charge is 0.407 e. The van der Waals surface area contributed by atoms with E-state index in [4.69, 9.17) is 4.74 Å². The summed E-state index contributed by atoms with van der Waals surface area (Å²) >= 11 is 0. The van der Waals surface area contributed by atoms with Gasteiger partial charge in [0, 0.05) is 50.0 Å². The molecule has 0 bridgehead atoms. The van der Waals surface area contributed by atoms with Crippen LogP contribution in [0.4, 0.5) is 4.79 Å². The Bertz CT molecular complexity index is 1460. The number of hydrogen-bond acceptors (Lipinski definition) is 5. The van der Waals surface area contributed by atoms with Gasteiger partial charge in [0.05, 0.1) is 11.9 Å².